The Hall–Kier alpha value is -1.31. The van der Waals surface area contributed by atoms with Crippen molar-refractivity contribution in [3.05, 3.63) is 23.8 Å². The summed E-state index contributed by atoms with van der Waals surface area (Å²) in [7, 11) is 0. The number of cyclic esters (lactones) is 1. The number of amides is 1. The van der Waals surface area contributed by atoms with Gasteiger partial charge < -0.3 is 20.3 Å². The standard InChI is InChI=1S/C20H31NO5S/c1-13-5-3-4-6-14(2)9-19(24)26-16(10-15(22)8-7-13)11-18(23)17-12-27-20(25)21-17/h3,5,9,13,15-18,22-23H,4,6-8,10-12H2,1-2H3,(H,21,25)/b5-3+,14-9+. The van der Waals surface area contributed by atoms with Gasteiger partial charge in [0.25, 0.3) is 5.24 Å². The second-order valence-electron chi connectivity index (χ2n) is 7.61. The lowest BCUT2D eigenvalue weighted by atomic mass is 9.96. The summed E-state index contributed by atoms with van der Waals surface area (Å²) >= 11 is 1.14. The molecule has 1 saturated heterocycles. The normalized spacial score (nSPS) is 35.3. The van der Waals surface area contributed by atoms with Crippen molar-refractivity contribution in [2.24, 2.45) is 5.92 Å². The number of allylic oxidation sites excluding steroid dienone is 3. The molecule has 0 radical (unpaired) electrons. The van der Waals surface area contributed by atoms with Crippen molar-refractivity contribution in [2.45, 2.75) is 76.7 Å². The molecule has 0 bridgehead atoms. The minimum Gasteiger partial charge on any atom is -0.459 e. The minimum atomic E-state index is -0.820. The van der Waals surface area contributed by atoms with E-state index in [4.69, 9.17) is 4.74 Å². The van der Waals surface area contributed by atoms with Crippen molar-refractivity contribution in [3.63, 3.8) is 0 Å². The molecule has 5 unspecified atom stereocenters. The lowest BCUT2D eigenvalue weighted by Gasteiger charge is -2.25. The van der Waals surface area contributed by atoms with Gasteiger partial charge in [0.15, 0.2) is 0 Å². The number of aliphatic hydroxyl groups is 2. The molecule has 2 aliphatic heterocycles. The molecule has 0 aliphatic carbocycles. The fraction of sp³-hybridized carbons (Fsp3) is 0.700. The smallest absolute Gasteiger partial charge is 0.330 e. The van der Waals surface area contributed by atoms with Gasteiger partial charge in [0.2, 0.25) is 0 Å². The molecule has 27 heavy (non-hydrogen) atoms. The Morgan fingerprint density at radius 2 is 2.15 bits per heavy atom. The first kappa shape index (κ1) is 22.0. The Morgan fingerprint density at radius 3 is 2.85 bits per heavy atom. The zero-order valence-corrected chi connectivity index (χ0v) is 16.9. The van der Waals surface area contributed by atoms with E-state index in [2.05, 4.69) is 24.4 Å². The summed E-state index contributed by atoms with van der Waals surface area (Å²) < 4.78 is 5.55. The van der Waals surface area contributed by atoms with Crippen molar-refractivity contribution < 1.29 is 24.5 Å². The second kappa shape index (κ2) is 10.9. The van der Waals surface area contributed by atoms with Crippen molar-refractivity contribution in [1.82, 2.24) is 5.32 Å². The third-order valence-corrected chi connectivity index (χ3v) is 5.88. The van der Waals surface area contributed by atoms with E-state index in [0.717, 1.165) is 36.6 Å². The van der Waals surface area contributed by atoms with Crippen LogP contribution in [0.2, 0.25) is 0 Å². The Kier molecular flexibility index (Phi) is 8.86. The molecule has 2 heterocycles. The van der Waals surface area contributed by atoms with Crippen LogP contribution in [-0.2, 0) is 9.53 Å². The van der Waals surface area contributed by atoms with E-state index in [-0.39, 0.29) is 24.1 Å². The van der Waals surface area contributed by atoms with Crippen molar-refractivity contribution >= 4 is 23.0 Å². The zero-order chi connectivity index (χ0) is 19.8. The number of thioether (sulfide) groups is 1. The highest BCUT2D eigenvalue weighted by atomic mass is 32.2. The summed E-state index contributed by atoms with van der Waals surface area (Å²) in [4.78, 5) is 23.6. The summed E-state index contributed by atoms with van der Waals surface area (Å²) in [5.41, 5.74) is 0.939. The lowest BCUT2D eigenvalue weighted by molar-refractivity contribution is -0.146. The summed E-state index contributed by atoms with van der Waals surface area (Å²) in [5, 5.41) is 23.4. The monoisotopic (exact) mass is 397 g/mol. The molecule has 2 rings (SSSR count). The molecule has 1 amide bonds. The van der Waals surface area contributed by atoms with Crippen LogP contribution >= 0.6 is 11.8 Å². The van der Waals surface area contributed by atoms with Crippen LogP contribution in [0.25, 0.3) is 0 Å². The van der Waals surface area contributed by atoms with Crippen molar-refractivity contribution in [3.8, 4) is 0 Å². The molecule has 0 saturated carbocycles. The predicted molar refractivity (Wildman–Crippen MR) is 106 cm³/mol. The van der Waals surface area contributed by atoms with Crippen LogP contribution in [0.3, 0.4) is 0 Å². The summed E-state index contributed by atoms with van der Waals surface area (Å²) in [5.74, 6) is 0.423. The zero-order valence-electron chi connectivity index (χ0n) is 16.1. The SMILES string of the molecule is C/C1=C\C(=O)OC(CC(O)C2CSC(=O)N2)CC(O)CCC(C)/C=C/CC1. The predicted octanol–water partition coefficient (Wildman–Crippen LogP) is 2.94. The molecule has 0 spiro atoms. The van der Waals surface area contributed by atoms with E-state index in [0.29, 0.717) is 18.1 Å². The van der Waals surface area contributed by atoms with Crippen LogP contribution in [0.5, 0.6) is 0 Å². The van der Waals surface area contributed by atoms with Gasteiger partial charge in [-0.2, -0.15) is 0 Å². The third kappa shape index (κ3) is 8.07. The fourth-order valence-corrected chi connectivity index (χ4v) is 4.19. The van der Waals surface area contributed by atoms with Crippen LogP contribution < -0.4 is 5.32 Å². The Bertz CT molecular complexity index is 577. The first-order chi connectivity index (χ1) is 12.8. The van der Waals surface area contributed by atoms with Gasteiger partial charge in [0.1, 0.15) is 6.10 Å². The molecule has 0 aromatic rings. The van der Waals surface area contributed by atoms with Gasteiger partial charge in [-0.1, -0.05) is 36.4 Å². The van der Waals surface area contributed by atoms with Gasteiger partial charge in [-0.3, -0.25) is 4.79 Å². The summed E-state index contributed by atoms with van der Waals surface area (Å²) in [6.45, 7) is 4.02. The lowest BCUT2D eigenvalue weighted by Crippen LogP contribution is -2.41. The highest BCUT2D eigenvalue weighted by molar-refractivity contribution is 8.13. The van der Waals surface area contributed by atoms with Gasteiger partial charge in [0.05, 0.1) is 18.2 Å². The first-order valence-corrected chi connectivity index (χ1v) is 10.7. The first-order valence-electron chi connectivity index (χ1n) is 9.67. The minimum absolute atomic E-state index is 0.150. The van der Waals surface area contributed by atoms with Crippen LogP contribution in [0, 0.1) is 5.92 Å². The molecule has 0 aromatic carbocycles. The maximum absolute atomic E-state index is 12.2. The van der Waals surface area contributed by atoms with E-state index in [1.807, 2.05) is 6.92 Å². The van der Waals surface area contributed by atoms with Crippen molar-refractivity contribution in [1.29, 1.82) is 0 Å². The molecule has 0 aromatic heterocycles. The molecule has 1 fully saturated rings. The van der Waals surface area contributed by atoms with E-state index in [9.17, 15) is 19.8 Å². The fourth-order valence-electron chi connectivity index (χ4n) is 3.32. The number of hydrogen-bond acceptors (Lipinski definition) is 6. The molecule has 5 atom stereocenters. The maximum atomic E-state index is 12.2. The average molecular weight is 398 g/mol. The molecule has 3 N–H and O–H groups in total. The topological polar surface area (TPSA) is 95.9 Å². The van der Waals surface area contributed by atoms with Crippen LogP contribution in [-0.4, -0.2) is 51.5 Å². The molecular weight excluding hydrogens is 366 g/mol. The van der Waals surface area contributed by atoms with Crippen molar-refractivity contribution in [2.75, 3.05) is 5.75 Å². The highest BCUT2D eigenvalue weighted by Gasteiger charge is 2.31. The molecular formula is C20H31NO5S. The number of ether oxygens (including phenoxy) is 1. The van der Waals surface area contributed by atoms with E-state index in [1.54, 1.807) is 0 Å². The Labute approximate surface area is 165 Å². The van der Waals surface area contributed by atoms with Gasteiger partial charge >= 0.3 is 5.97 Å². The van der Waals surface area contributed by atoms with Gasteiger partial charge in [0, 0.05) is 24.7 Å². The summed E-state index contributed by atoms with van der Waals surface area (Å²) in [6, 6.07) is -0.353. The molecule has 2 aliphatic rings. The third-order valence-electron chi connectivity index (χ3n) is 4.97. The van der Waals surface area contributed by atoms with Gasteiger partial charge in [-0.05, 0) is 38.5 Å². The van der Waals surface area contributed by atoms with E-state index >= 15 is 0 Å². The number of aliphatic hydroxyl groups excluding tert-OH is 2. The molecule has 7 heteroatoms. The van der Waals surface area contributed by atoms with E-state index < -0.39 is 24.3 Å². The van der Waals surface area contributed by atoms with Gasteiger partial charge in [-0.15, -0.1) is 0 Å². The number of nitrogens with one attached hydrogen (secondary N) is 1. The Balaban J connectivity index is 2.04. The number of carbonyl (C=O) groups excluding carboxylic acids is 2. The largest absolute Gasteiger partial charge is 0.459 e. The molecule has 152 valence electrons. The number of carbonyl (C=O) groups is 2. The van der Waals surface area contributed by atoms with Gasteiger partial charge in [-0.25, -0.2) is 4.79 Å². The summed E-state index contributed by atoms with van der Waals surface area (Å²) in [6.07, 6.45) is 7.34. The average Bonchev–Trinajstić information content (AvgIpc) is 3.02. The number of esters is 1. The number of hydrogen-bond donors (Lipinski definition) is 3. The van der Waals surface area contributed by atoms with Crippen LogP contribution in [0.15, 0.2) is 23.8 Å². The highest BCUT2D eigenvalue weighted by Crippen LogP contribution is 2.22. The van der Waals surface area contributed by atoms with Crippen LogP contribution in [0.1, 0.15) is 52.4 Å². The maximum Gasteiger partial charge on any atom is 0.330 e. The second-order valence-corrected chi connectivity index (χ2v) is 8.61. The van der Waals surface area contributed by atoms with Crippen LogP contribution in [0.4, 0.5) is 4.79 Å². The quantitative estimate of drug-likeness (QED) is 0.501. The Morgan fingerprint density at radius 1 is 1.37 bits per heavy atom. The van der Waals surface area contributed by atoms with E-state index in [1.165, 1.54) is 6.08 Å². The molecule has 6 nitrogen and oxygen atoms in total. The number of rotatable bonds is 3.